The van der Waals surface area contributed by atoms with Crippen LogP contribution in [0.4, 0.5) is 0 Å². The largest absolute Gasteiger partial charge is 0.385 e. The topological polar surface area (TPSA) is 37.3 Å². The average Bonchev–Trinajstić information content (AvgIpc) is 2.55. The summed E-state index contributed by atoms with van der Waals surface area (Å²) in [7, 11) is 0. The summed E-state index contributed by atoms with van der Waals surface area (Å²) in [6.07, 6.45) is 23.6. The number of ketones is 1. The van der Waals surface area contributed by atoms with Crippen LogP contribution in [0.5, 0.6) is 0 Å². The molecule has 0 aromatic carbocycles. The summed E-state index contributed by atoms with van der Waals surface area (Å²) in [5.41, 5.74) is 0. The normalized spacial score (nSPS) is 25.6. The molecular formula is C21H38O2. The minimum atomic E-state index is -0.699. The van der Waals surface area contributed by atoms with Gasteiger partial charge in [0.15, 0.2) is 5.78 Å². The average molecular weight is 323 g/mol. The van der Waals surface area contributed by atoms with Crippen LogP contribution in [0.25, 0.3) is 0 Å². The molecule has 0 aromatic heterocycles. The Labute approximate surface area is 143 Å². The first kappa shape index (κ1) is 20.4. The molecule has 0 aromatic rings. The highest BCUT2D eigenvalue weighted by Gasteiger charge is 2.13. The monoisotopic (exact) mass is 322 g/mol. The molecular weight excluding hydrogens is 284 g/mol. The van der Waals surface area contributed by atoms with Gasteiger partial charge in [-0.15, -0.1) is 0 Å². The first-order valence-electron chi connectivity index (χ1n) is 10.2. The minimum absolute atomic E-state index is 0.0704. The molecule has 134 valence electrons. The Hall–Kier alpha value is -0.630. The van der Waals surface area contributed by atoms with Crippen molar-refractivity contribution in [3.05, 3.63) is 12.2 Å². The van der Waals surface area contributed by atoms with Crippen molar-refractivity contribution < 1.29 is 9.90 Å². The van der Waals surface area contributed by atoms with E-state index < -0.39 is 6.10 Å². The zero-order valence-corrected chi connectivity index (χ0v) is 15.1. The lowest BCUT2D eigenvalue weighted by atomic mass is 10.0. The van der Waals surface area contributed by atoms with Gasteiger partial charge in [-0.2, -0.15) is 0 Å². The van der Waals surface area contributed by atoms with E-state index in [0.29, 0.717) is 12.8 Å². The first-order valence-corrected chi connectivity index (χ1v) is 10.2. The quantitative estimate of drug-likeness (QED) is 0.546. The smallest absolute Gasteiger partial charge is 0.161 e. The van der Waals surface area contributed by atoms with E-state index in [0.717, 1.165) is 25.7 Å². The molecule has 0 spiro atoms. The van der Waals surface area contributed by atoms with E-state index >= 15 is 0 Å². The summed E-state index contributed by atoms with van der Waals surface area (Å²) < 4.78 is 0. The number of rotatable bonds is 0. The van der Waals surface area contributed by atoms with Crippen LogP contribution < -0.4 is 0 Å². The summed E-state index contributed by atoms with van der Waals surface area (Å²) >= 11 is 0. The summed E-state index contributed by atoms with van der Waals surface area (Å²) in [4.78, 5) is 11.9. The standard InChI is InChI=1S/C21H38O2/c22-20-18-16-14-12-10-8-6-4-2-1-3-5-7-9-11-13-15-17-19-21(20)23/h1-2,21,23H,3-19H2. The van der Waals surface area contributed by atoms with Crippen molar-refractivity contribution >= 4 is 5.78 Å². The van der Waals surface area contributed by atoms with Crippen molar-refractivity contribution in [3.8, 4) is 0 Å². The molecule has 1 aliphatic carbocycles. The maximum absolute atomic E-state index is 11.9. The molecule has 0 saturated carbocycles. The molecule has 1 atom stereocenters. The van der Waals surface area contributed by atoms with Crippen molar-refractivity contribution in [1.29, 1.82) is 0 Å². The molecule has 0 aliphatic heterocycles. The molecule has 0 fully saturated rings. The summed E-state index contributed by atoms with van der Waals surface area (Å²) in [6.45, 7) is 0. The zero-order chi connectivity index (χ0) is 16.6. The van der Waals surface area contributed by atoms with Crippen LogP contribution in [0.1, 0.15) is 109 Å². The number of carbonyl (C=O) groups is 1. The van der Waals surface area contributed by atoms with Gasteiger partial charge in [0.25, 0.3) is 0 Å². The Balaban J connectivity index is 2.22. The molecule has 2 heteroatoms. The van der Waals surface area contributed by atoms with E-state index in [4.69, 9.17) is 0 Å². The van der Waals surface area contributed by atoms with E-state index in [-0.39, 0.29) is 5.78 Å². The van der Waals surface area contributed by atoms with Crippen molar-refractivity contribution in [2.45, 2.75) is 115 Å². The van der Waals surface area contributed by atoms with Crippen LogP contribution in [0, 0.1) is 0 Å². The number of carbonyl (C=O) groups excluding carboxylic acids is 1. The van der Waals surface area contributed by atoms with Crippen LogP contribution in [0.3, 0.4) is 0 Å². The molecule has 0 amide bonds. The first-order chi connectivity index (χ1) is 11.3. The zero-order valence-electron chi connectivity index (χ0n) is 15.1. The van der Waals surface area contributed by atoms with E-state index in [1.807, 2.05) is 0 Å². The fourth-order valence-corrected chi connectivity index (χ4v) is 3.32. The lowest BCUT2D eigenvalue weighted by Crippen LogP contribution is -2.19. The van der Waals surface area contributed by atoms with Crippen molar-refractivity contribution in [1.82, 2.24) is 0 Å². The molecule has 0 heterocycles. The molecule has 1 unspecified atom stereocenters. The van der Waals surface area contributed by atoms with E-state index in [1.165, 1.54) is 70.6 Å². The van der Waals surface area contributed by atoms with Crippen LogP contribution in [-0.2, 0) is 4.79 Å². The third-order valence-electron chi connectivity index (χ3n) is 4.93. The predicted octanol–water partition coefficient (Wildman–Crippen LogP) is 6.12. The van der Waals surface area contributed by atoms with Gasteiger partial charge in [0.1, 0.15) is 6.10 Å². The summed E-state index contributed by atoms with van der Waals surface area (Å²) in [6, 6.07) is 0. The fourth-order valence-electron chi connectivity index (χ4n) is 3.32. The Morgan fingerprint density at radius 2 is 1.09 bits per heavy atom. The highest BCUT2D eigenvalue weighted by atomic mass is 16.3. The number of allylic oxidation sites excluding steroid dienone is 2. The van der Waals surface area contributed by atoms with E-state index in [9.17, 15) is 9.90 Å². The van der Waals surface area contributed by atoms with Crippen LogP contribution in [0.2, 0.25) is 0 Å². The number of hydrogen-bond acceptors (Lipinski definition) is 2. The number of aliphatic hydroxyl groups is 1. The van der Waals surface area contributed by atoms with Gasteiger partial charge in [0, 0.05) is 6.42 Å². The Bertz CT molecular complexity index is 309. The maximum Gasteiger partial charge on any atom is 0.161 e. The van der Waals surface area contributed by atoms with Gasteiger partial charge in [-0.1, -0.05) is 76.4 Å². The molecule has 1 rings (SSSR count). The second kappa shape index (κ2) is 14.9. The van der Waals surface area contributed by atoms with Gasteiger partial charge < -0.3 is 5.11 Å². The van der Waals surface area contributed by atoms with E-state index in [2.05, 4.69) is 12.2 Å². The molecule has 0 radical (unpaired) electrons. The second-order valence-corrected chi connectivity index (χ2v) is 7.17. The third-order valence-corrected chi connectivity index (χ3v) is 4.93. The SMILES string of the molecule is O=C1CCCCCCCCC=CCCCCCCCCCC1O. The Morgan fingerprint density at radius 1 is 0.652 bits per heavy atom. The molecule has 23 heavy (non-hydrogen) atoms. The Morgan fingerprint density at radius 3 is 1.65 bits per heavy atom. The van der Waals surface area contributed by atoms with E-state index in [1.54, 1.807) is 0 Å². The van der Waals surface area contributed by atoms with Gasteiger partial charge >= 0.3 is 0 Å². The van der Waals surface area contributed by atoms with Gasteiger partial charge in [0.2, 0.25) is 0 Å². The number of Topliss-reactive ketones (excluding diaryl/α,β-unsaturated/α-hetero) is 1. The van der Waals surface area contributed by atoms with Crippen LogP contribution in [0.15, 0.2) is 12.2 Å². The summed E-state index contributed by atoms with van der Waals surface area (Å²) in [5, 5.41) is 9.91. The van der Waals surface area contributed by atoms with Crippen molar-refractivity contribution in [2.75, 3.05) is 0 Å². The summed E-state index contributed by atoms with van der Waals surface area (Å²) in [5.74, 6) is 0.0704. The Kier molecular flexibility index (Phi) is 13.3. The van der Waals surface area contributed by atoms with Gasteiger partial charge in [-0.05, 0) is 38.5 Å². The highest BCUT2D eigenvalue weighted by molar-refractivity contribution is 5.82. The lowest BCUT2D eigenvalue weighted by Gasteiger charge is -2.09. The van der Waals surface area contributed by atoms with Crippen LogP contribution in [-0.4, -0.2) is 17.0 Å². The number of hydrogen-bond donors (Lipinski definition) is 1. The number of aliphatic hydroxyl groups excluding tert-OH is 1. The van der Waals surface area contributed by atoms with Gasteiger partial charge in [-0.3, -0.25) is 4.79 Å². The maximum atomic E-state index is 11.9. The molecule has 0 bridgehead atoms. The minimum Gasteiger partial charge on any atom is -0.385 e. The van der Waals surface area contributed by atoms with Gasteiger partial charge in [0.05, 0.1) is 0 Å². The third kappa shape index (κ3) is 12.5. The highest BCUT2D eigenvalue weighted by Crippen LogP contribution is 2.14. The molecule has 2 nitrogen and oxygen atoms in total. The predicted molar refractivity (Wildman–Crippen MR) is 98.6 cm³/mol. The van der Waals surface area contributed by atoms with Crippen LogP contribution >= 0.6 is 0 Å². The molecule has 0 saturated heterocycles. The lowest BCUT2D eigenvalue weighted by molar-refractivity contribution is -0.127. The molecule has 1 aliphatic rings. The van der Waals surface area contributed by atoms with Crippen molar-refractivity contribution in [2.24, 2.45) is 0 Å². The van der Waals surface area contributed by atoms with Gasteiger partial charge in [-0.25, -0.2) is 0 Å². The second-order valence-electron chi connectivity index (χ2n) is 7.17. The van der Waals surface area contributed by atoms with Crippen molar-refractivity contribution in [3.63, 3.8) is 0 Å². The fraction of sp³-hybridized carbons (Fsp3) is 0.857. The molecule has 1 N–H and O–H groups in total.